The lowest BCUT2D eigenvalue weighted by molar-refractivity contribution is 0.411. The van der Waals surface area contributed by atoms with E-state index in [1.54, 1.807) is 12.1 Å². The molecule has 0 radical (unpaired) electrons. The smallest absolute Gasteiger partial charge is 0.123 e. The molecule has 3 rings (SSSR count). The Balaban J connectivity index is 1.83. The first kappa shape index (κ1) is 12.4. The van der Waals surface area contributed by atoms with E-state index < -0.39 is 0 Å². The molecule has 1 heterocycles. The molecule has 1 fully saturated rings. The number of imidazole rings is 1. The molecule has 1 saturated carbocycles. The molecule has 0 saturated heterocycles. The molecule has 2 aromatic rings. The summed E-state index contributed by atoms with van der Waals surface area (Å²) in [4.78, 5) is 4.47. The van der Waals surface area contributed by atoms with Crippen LogP contribution in [0.25, 0.3) is 11.3 Å². The van der Waals surface area contributed by atoms with Crippen LogP contribution in [0, 0.1) is 11.7 Å². The highest BCUT2D eigenvalue weighted by Crippen LogP contribution is 2.42. The second-order valence-corrected chi connectivity index (χ2v) is 5.41. The standard InChI is InChI=1S/C16H19FN2/c1-2-3-16(13-4-5-13)19-10-15(18-11-19)12-6-8-14(17)9-7-12/h6-11,13,16H,2-5H2,1H3. The number of halogens is 1. The van der Waals surface area contributed by atoms with Gasteiger partial charge < -0.3 is 4.57 Å². The first-order valence-corrected chi connectivity index (χ1v) is 7.07. The highest BCUT2D eigenvalue weighted by atomic mass is 19.1. The van der Waals surface area contributed by atoms with Crippen LogP contribution >= 0.6 is 0 Å². The molecule has 1 unspecified atom stereocenters. The van der Waals surface area contributed by atoms with Gasteiger partial charge in [-0.25, -0.2) is 9.37 Å². The van der Waals surface area contributed by atoms with Crippen molar-refractivity contribution in [2.75, 3.05) is 0 Å². The highest BCUT2D eigenvalue weighted by Gasteiger charge is 2.31. The van der Waals surface area contributed by atoms with Crippen LogP contribution in [0.4, 0.5) is 4.39 Å². The van der Waals surface area contributed by atoms with Crippen molar-refractivity contribution >= 4 is 0 Å². The van der Waals surface area contributed by atoms with Gasteiger partial charge in [-0.2, -0.15) is 0 Å². The van der Waals surface area contributed by atoms with Gasteiger partial charge in [-0.1, -0.05) is 13.3 Å². The van der Waals surface area contributed by atoms with E-state index in [9.17, 15) is 4.39 Å². The fourth-order valence-electron chi connectivity index (χ4n) is 2.69. The van der Waals surface area contributed by atoms with E-state index in [0.29, 0.717) is 6.04 Å². The zero-order valence-corrected chi connectivity index (χ0v) is 11.2. The monoisotopic (exact) mass is 258 g/mol. The van der Waals surface area contributed by atoms with Gasteiger partial charge in [0.25, 0.3) is 0 Å². The minimum Gasteiger partial charge on any atom is -0.333 e. The van der Waals surface area contributed by atoms with Gasteiger partial charge in [-0.15, -0.1) is 0 Å². The van der Waals surface area contributed by atoms with Crippen LogP contribution in [0.15, 0.2) is 36.8 Å². The molecule has 0 amide bonds. The quantitative estimate of drug-likeness (QED) is 0.775. The molecule has 1 aliphatic rings. The highest BCUT2D eigenvalue weighted by molar-refractivity contribution is 5.57. The van der Waals surface area contributed by atoms with Gasteiger partial charge in [-0.05, 0) is 49.4 Å². The van der Waals surface area contributed by atoms with Gasteiger partial charge in [0.2, 0.25) is 0 Å². The van der Waals surface area contributed by atoms with Crippen molar-refractivity contribution in [3.8, 4) is 11.3 Å². The normalized spacial score (nSPS) is 16.5. The summed E-state index contributed by atoms with van der Waals surface area (Å²) in [6, 6.07) is 7.13. The molecule has 0 spiro atoms. The van der Waals surface area contributed by atoms with Gasteiger partial charge in [0.1, 0.15) is 5.82 Å². The van der Waals surface area contributed by atoms with Gasteiger partial charge >= 0.3 is 0 Å². The van der Waals surface area contributed by atoms with Crippen molar-refractivity contribution in [2.24, 2.45) is 5.92 Å². The average Bonchev–Trinajstić information content (AvgIpc) is 3.14. The molecule has 1 atom stereocenters. The summed E-state index contributed by atoms with van der Waals surface area (Å²) in [5.41, 5.74) is 1.91. The van der Waals surface area contributed by atoms with Crippen LogP contribution in [-0.2, 0) is 0 Å². The molecule has 1 aromatic carbocycles. The van der Waals surface area contributed by atoms with Crippen molar-refractivity contribution in [3.63, 3.8) is 0 Å². The van der Waals surface area contributed by atoms with Gasteiger partial charge in [0.15, 0.2) is 0 Å². The van der Waals surface area contributed by atoms with Crippen LogP contribution < -0.4 is 0 Å². The van der Waals surface area contributed by atoms with Gasteiger partial charge in [0.05, 0.1) is 12.0 Å². The lowest BCUT2D eigenvalue weighted by atomic mass is 10.1. The predicted octanol–water partition coefficient (Wildman–Crippen LogP) is 4.44. The van der Waals surface area contributed by atoms with Crippen molar-refractivity contribution in [1.29, 1.82) is 0 Å². The number of benzene rings is 1. The summed E-state index contributed by atoms with van der Waals surface area (Å²) in [6.07, 6.45) is 9.13. The number of aromatic nitrogens is 2. The summed E-state index contributed by atoms with van der Waals surface area (Å²) in [6.45, 7) is 2.23. The maximum Gasteiger partial charge on any atom is 0.123 e. The Morgan fingerprint density at radius 2 is 2.05 bits per heavy atom. The maximum absolute atomic E-state index is 12.9. The van der Waals surface area contributed by atoms with E-state index >= 15 is 0 Å². The van der Waals surface area contributed by atoms with E-state index in [2.05, 4.69) is 22.7 Å². The summed E-state index contributed by atoms with van der Waals surface area (Å²) < 4.78 is 15.2. The zero-order valence-electron chi connectivity index (χ0n) is 11.2. The van der Waals surface area contributed by atoms with E-state index in [0.717, 1.165) is 17.2 Å². The molecule has 1 aliphatic carbocycles. The Bertz CT molecular complexity index is 540. The molecule has 19 heavy (non-hydrogen) atoms. The van der Waals surface area contributed by atoms with Crippen LogP contribution in [0.1, 0.15) is 38.6 Å². The number of nitrogens with zero attached hydrogens (tertiary/aromatic N) is 2. The topological polar surface area (TPSA) is 17.8 Å². The Morgan fingerprint density at radius 3 is 2.68 bits per heavy atom. The molecule has 0 aliphatic heterocycles. The molecule has 2 nitrogen and oxygen atoms in total. The first-order valence-electron chi connectivity index (χ1n) is 7.07. The van der Waals surface area contributed by atoms with Crippen LogP contribution in [-0.4, -0.2) is 9.55 Å². The van der Waals surface area contributed by atoms with E-state index in [1.165, 1.54) is 37.8 Å². The minimum atomic E-state index is -0.204. The number of hydrogen-bond donors (Lipinski definition) is 0. The maximum atomic E-state index is 12.9. The van der Waals surface area contributed by atoms with Gasteiger partial charge in [0, 0.05) is 17.8 Å². The van der Waals surface area contributed by atoms with Crippen LogP contribution in [0.3, 0.4) is 0 Å². The largest absolute Gasteiger partial charge is 0.333 e. The lowest BCUT2D eigenvalue weighted by Gasteiger charge is -2.16. The molecule has 1 aromatic heterocycles. The third-order valence-electron chi connectivity index (χ3n) is 3.88. The van der Waals surface area contributed by atoms with Crippen molar-refractivity contribution in [1.82, 2.24) is 9.55 Å². The number of hydrogen-bond acceptors (Lipinski definition) is 1. The Labute approximate surface area is 113 Å². The predicted molar refractivity (Wildman–Crippen MR) is 74.3 cm³/mol. The summed E-state index contributed by atoms with van der Waals surface area (Å²) in [7, 11) is 0. The van der Waals surface area contributed by atoms with Crippen LogP contribution in [0.5, 0.6) is 0 Å². The van der Waals surface area contributed by atoms with Gasteiger partial charge in [-0.3, -0.25) is 0 Å². The molecule has 0 bridgehead atoms. The Kier molecular flexibility index (Phi) is 3.36. The number of rotatable bonds is 5. The fraction of sp³-hybridized carbons (Fsp3) is 0.438. The molecule has 3 heteroatoms. The van der Waals surface area contributed by atoms with Crippen LogP contribution in [0.2, 0.25) is 0 Å². The average molecular weight is 258 g/mol. The summed E-state index contributed by atoms with van der Waals surface area (Å²) >= 11 is 0. The third-order valence-corrected chi connectivity index (χ3v) is 3.88. The van der Waals surface area contributed by atoms with E-state index in [-0.39, 0.29) is 5.82 Å². The molecular formula is C16H19FN2. The molecule has 0 N–H and O–H groups in total. The van der Waals surface area contributed by atoms with Crippen molar-refractivity contribution in [3.05, 3.63) is 42.6 Å². The second kappa shape index (κ2) is 5.16. The summed E-state index contributed by atoms with van der Waals surface area (Å²) in [5, 5.41) is 0. The molecule has 100 valence electrons. The first-order chi connectivity index (χ1) is 9.28. The lowest BCUT2D eigenvalue weighted by Crippen LogP contribution is -2.08. The van der Waals surface area contributed by atoms with E-state index in [1.807, 2.05) is 6.33 Å². The molecular weight excluding hydrogens is 239 g/mol. The van der Waals surface area contributed by atoms with E-state index in [4.69, 9.17) is 0 Å². The Hall–Kier alpha value is -1.64. The zero-order chi connectivity index (χ0) is 13.2. The SMILES string of the molecule is CCCC(C1CC1)n1cnc(-c2ccc(F)cc2)c1. The fourth-order valence-corrected chi connectivity index (χ4v) is 2.69. The van der Waals surface area contributed by atoms with Crippen molar-refractivity contribution in [2.45, 2.75) is 38.6 Å². The summed E-state index contributed by atoms with van der Waals surface area (Å²) in [5.74, 6) is 0.625. The second-order valence-electron chi connectivity index (χ2n) is 5.41. The van der Waals surface area contributed by atoms with Crippen molar-refractivity contribution < 1.29 is 4.39 Å². The third kappa shape index (κ3) is 2.70. The Morgan fingerprint density at radius 1 is 1.32 bits per heavy atom. The minimum absolute atomic E-state index is 0.204.